The highest BCUT2D eigenvalue weighted by Crippen LogP contribution is 2.15. The maximum atomic E-state index is 11.7. The Kier molecular flexibility index (Phi) is 3.69. The highest BCUT2D eigenvalue weighted by atomic mass is 32.2. The van der Waals surface area contributed by atoms with Crippen LogP contribution < -0.4 is 10.6 Å². The minimum absolute atomic E-state index is 0.00625. The molecule has 86 valence electrons. The van der Waals surface area contributed by atoms with Gasteiger partial charge in [-0.15, -0.1) is 11.8 Å². The Hall–Kier alpha value is -1.20. The molecule has 1 saturated heterocycles. The molecule has 0 bridgehead atoms. The van der Waals surface area contributed by atoms with Crippen LogP contribution in [0.2, 0.25) is 0 Å². The molecule has 2 rings (SSSR count). The Morgan fingerprint density at radius 1 is 1.56 bits per heavy atom. The first kappa shape index (κ1) is 11.3. The van der Waals surface area contributed by atoms with Gasteiger partial charge in [0.1, 0.15) is 5.75 Å². The van der Waals surface area contributed by atoms with Gasteiger partial charge in [-0.25, -0.2) is 0 Å². The topological polar surface area (TPSA) is 61.4 Å². The van der Waals surface area contributed by atoms with Crippen molar-refractivity contribution >= 4 is 17.7 Å². The number of amides is 1. The Bertz CT molecular complexity index is 378. The number of phenols is 1. The number of para-hydroxylation sites is 1. The number of carbonyl (C=O) groups is 1. The summed E-state index contributed by atoms with van der Waals surface area (Å²) in [4.78, 5) is 11.7. The lowest BCUT2D eigenvalue weighted by Crippen LogP contribution is -2.41. The fourth-order valence-electron chi connectivity index (χ4n) is 1.53. The maximum Gasteiger partial charge on any atom is 0.238 e. The first-order valence-electron chi connectivity index (χ1n) is 5.13. The van der Waals surface area contributed by atoms with Crippen LogP contribution in [0.4, 0.5) is 0 Å². The number of hydrogen-bond donors (Lipinski definition) is 3. The van der Waals surface area contributed by atoms with Crippen molar-refractivity contribution in [3.63, 3.8) is 0 Å². The second kappa shape index (κ2) is 5.23. The van der Waals surface area contributed by atoms with Gasteiger partial charge in [-0.05, 0) is 6.07 Å². The predicted octanol–water partition coefficient (Wildman–Crippen LogP) is 0.671. The van der Waals surface area contributed by atoms with E-state index in [0.29, 0.717) is 6.54 Å². The number of carbonyl (C=O) groups excluding carboxylic acids is 1. The fourth-order valence-corrected chi connectivity index (χ4v) is 2.47. The summed E-state index contributed by atoms with van der Waals surface area (Å²) in [5, 5.41) is 15.4. The molecule has 3 N–H and O–H groups in total. The van der Waals surface area contributed by atoms with Gasteiger partial charge in [0.25, 0.3) is 0 Å². The van der Waals surface area contributed by atoms with Crippen LogP contribution >= 0.6 is 11.8 Å². The summed E-state index contributed by atoms with van der Waals surface area (Å²) in [6.45, 7) is 0.369. The summed E-state index contributed by atoms with van der Waals surface area (Å²) in [5.41, 5.74) is 0.738. The molecule has 1 atom stereocenters. The molecule has 1 aliphatic heterocycles. The predicted molar refractivity (Wildman–Crippen MR) is 64.2 cm³/mol. The molecule has 4 nitrogen and oxygen atoms in total. The van der Waals surface area contributed by atoms with Gasteiger partial charge in [-0.3, -0.25) is 10.1 Å². The zero-order valence-corrected chi connectivity index (χ0v) is 9.59. The third kappa shape index (κ3) is 2.68. The highest BCUT2D eigenvalue weighted by Gasteiger charge is 2.21. The molecule has 1 aromatic rings. The second-order valence-electron chi connectivity index (χ2n) is 3.62. The molecule has 5 heteroatoms. The minimum Gasteiger partial charge on any atom is -0.508 e. The fraction of sp³-hybridized carbons (Fsp3) is 0.364. The van der Waals surface area contributed by atoms with Crippen molar-refractivity contribution in [3.8, 4) is 5.75 Å². The second-order valence-corrected chi connectivity index (χ2v) is 4.65. The van der Waals surface area contributed by atoms with E-state index in [1.807, 2.05) is 6.07 Å². The van der Waals surface area contributed by atoms with Crippen molar-refractivity contribution in [3.05, 3.63) is 29.8 Å². The van der Waals surface area contributed by atoms with E-state index >= 15 is 0 Å². The summed E-state index contributed by atoms with van der Waals surface area (Å²) in [7, 11) is 0. The van der Waals surface area contributed by atoms with Crippen molar-refractivity contribution in [2.45, 2.75) is 12.6 Å². The van der Waals surface area contributed by atoms with E-state index in [-0.39, 0.29) is 17.7 Å². The molecule has 1 aliphatic rings. The van der Waals surface area contributed by atoms with E-state index in [1.54, 1.807) is 30.0 Å². The van der Waals surface area contributed by atoms with Gasteiger partial charge in [0, 0.05) is 23.7 Å². The molecular weight excluding hydrogens is 224 g/mol. The first-order chi connectivity index (χ1) is 7.77. The number of benzene rings is 1. The van der Waals surface area contributed by atoms with Crippen LogP contribution in [0.5, 0.6) is 5.75 Å². The van der Waals surface area contributed by atoms with Crippen molar-refractivity contribution in [1.29, 1.82) is 0 Å². The van der Waals surface area contributed by atoms with Gasteiger partial charge in [0.2, 0.25) is 5.91 Å². The Morgan fingerprint density at radius 2 is 2.38 bits per heavy atom. The van der Waals surface area contributed by atoms with E-state index in [0.717, 1.165) is 17.2 Å². The van der Waals surface area contributed by atoms with Gasteiger partial charge in [-0.2, -0.15) is 0 Å². The Balaban J connectivity index is 1.87. The molecule has 0 aliphatic carbocycles. The molecule has 1 heterocycles. The molecular formula is C11H14N2O2S. The SMILES string of the molecule is O=C(NCc1ccccc1O)C1CSCN1. The molecule has 0 radical (unpaired) electrons. The van der Waals surface area contributed by atoms with Crippen molar-refractivity contribution in [2.75, 3.05) is 11.6 Å². The summed E-state index contributed by atoms with van der Waals surface area (Å²) in [5.74, 6) is 1.85. The normalized spacial score (nSPS) is 19.6. The van der Waals surface area contributed by atoms with Crippen molar-refractivity contribution in [2.24, 2.45) is 0 Å². The molecule has 0 saturated carbocycles. The van der Waals surface area contributed by atoms with E-state index in [4.69, 9.17) is 0 Å². The Labute approximate surface area is 98.4 Å². The van der Waals surface area contributed by atoms with Gasteiger partial charge in [0.15, 0.2) is 0 Å². The number of phenolic OH excluding ortho intramolecular Hbond substituents is 1. The van der Waals surface area contributed by atoms with Crippen LogP contribution in [0, 0.1) is 0 Å². The van der Waals surface area contributed by atoms with Crippen LogP contribution in [0.3, 0.4) is 0 Å². The van der Waals surface area contributed by atoms with Crippen LogP contribution in [0.15, 0.2) is 24.3 Å². The summed E-state index contributed by atoms with van der Waals surface area (Å²) in [6.07, 6.45) is 0. The van der Waals surface area contributed by atoms with Gasteiger partial charge >= 0.3 is 0 Å². The quantitative estimate of drug-likeness (QED) is 0.724. The average Bonchev–Trinajstić information content (AvgIpc) is 2.81. The number of hydrogen-bond acceptors (Lipinski definition) is 4. The van der Waals surface area contributed by atoms with Crippen LogP contribution in [-0.4, -0.2) is 28.7 Å². The van der Waals surface area contributed by atoms with Gasteiger partial charge < -0.3 is 10.4 Å². The van der Waals surface area contributed by atoms with Crippen LogP contribution in [0.25, 0.3) is 0 Å². The highest BCUT2D eigenvalue weighted by molar-refractivity contribution is 7.99. The lowest BCUT2D eigenvalue weighted by atomic mass is 10.2. The lowest BCUT2D eigenvalue weighted by molar-refractivity contribution is -0.122. The van der Waals surface area contributed by atoms with Crippen LogP contribution in [-0.2, 0) is 11.3 Å². The third-order valence-electron chi connectivity index (χ3n) is 2.48. The van der Waals surface area contributed by atoms with Crippen molar-refractivity contribution in [1.82, 2.24) is 10.6 Å². The van der Waals surface area contributed by atoms with E-state index in [1.165, 1.54) is 0 Å². The number of aromatic hydroxyl groups is 1. The molecule has 0 spiro atoms. The number of nitrogens with one attached hydrogen (secondary N) is 2. The average molecular weight is 238 g/mol. The van der Waals surface area contributed by atoms with Gasteiger partial charge in [0.05, 0.1) is 6.04 Å². The maximum absolute atomic E-state index is 11.7. The molecule has 1 fully saturated rings. The lowest BCUT2D eigenvalue weighted by Gasteiger charge is -2.11. The van der Waals surface area contributed by atoms with Crippen LogP contribution in [0.1, 0.15) is 5.56 Å². The zero-order valence-electron chi connectivity index (χ0n) is 8.77. The monoisotopic (exact) mass is 238 g/mol. The summed E-state index contributed by atoms with van der Waals surface area (Å²) >= 11 is 1.71. The smallest absolute Gasteiger partial charge is 0.238 e. The largest absolute Gasteiger partial charge is 0.508 e. The summed E-state index contributed by atoms with van der Waals surface area (Å²) in [6, 6.07) is 6.91. The van der Waals surface area contributed by atoms with Gasteiger partial charge in [-0.1, -0.05) is 18.2 Å². The van der Waals surface area contributed by atoms with E-state index in [2.05, 4.69) is 10.6 Å². The van der Waals surface area contributed by atoms with Crippen molar-refractivity contribution < 1.29 is 9.90 Å². The molecule has 16 heavy (non-hydrogen) atoms. The number of rotatable bonds is 3. The summed E-state index contributed by atoms with van der Waals surface area (Å²) < 4.78 is 0. The Morgan fingerprint density at radius 3 is 3.06 bits per heavy atom. The molecule has 1 aromatic carbocycles. The van der Waals surface area contributed by atoms with E-state index in [9.17, 15) is 9.90 Å². The first-order valence-corrected chi connectivity index (χ1v) is 6.28. The molecule has 1 unspecified atom stereocenters. The number of thioether (sulfide) groups is 1. The minimum atomic E-state index is -0.101. The molecule has 0 aromatic heterocycles. The third-order valence-corrected chi connectivity index (χ3v) is 3.42. The molecule has 1 amide bonds. The standard InChI is InChI=1S/C11H14N2O2S/c14-10-4-2-1-3-8(10)5-12-11(15)9-6-16-7-13-9/h1-4,9,13-14H,5-7H2,(H,12,15). The zero-order chi connectivity index (χ0) is 11.4. The van der Waals surface area contributed by atoms with E-state index < -0.39 is 0 Å².